The van der Waals surface area contributed by atoms with E-state index in [1.807, 2.05) is 12.1 Å². The number of anilines is 2. The Morgan fingerprint density at radius 3 is 2.59 bits per heavy atom. The normalized spacial score (nSPS) is 11.6. The van der Waals surface area contributed by atoms with Crippen molar-refractivity contribution in [2.45, 2.75) is 0 Å². The Morgan fingerprint density at radius 2 is 1.85 bits per heavy atom. The fourth-order valence-corrected chi connectivity index (χ4v) is 3.23. The molecule has 0 atom stereocenters. The first-order valence-corrected chi connectivity index (χ1v) is 9.14. The minimum atomic E-state index is -4.66. The number of nitrogens with zero attached hydrogens (tertiary/aromatic N) is 2. The molecule has 2 aromatic carbocycles. The highest BCUT2D eigenvalue weighted by Gasteiger charge is 2.23. The van der Waals surface area contributed by atoms with E-state index in [4.69, 9.17) is 5.21 Å². The minimum Gasteiger partial charge on any atom is -0.288 e. The highest BCUT2D eigenvalue weighted by molar-refractivity contribution is 7.87. The van der Waals surface area contributed by atoms with Crippen LogP contribution in [0.25, 0.3) is 17.0 Å². The molecule has 3 rings (SSSR count). The van der Waals surface area contributed by atoms with Gasteiger partial charge in [0.1, 0.15) is 5.82 Å². The van der Waals surface area contributed by atoms with E-state index < -0.39 is 16.2 Å². The predicted molar refractivity (Wildman–Crippen MR) is 101 cm³/mol. The number of aromatic nitrogens is 1. The van der Waals surface area contributed by atoms with Gasteiger partial charge in [0, 0.05) is 11.5 Å². The van der Waals surface area contributed by atoms with Crippen molar-refractivity contribution in [1.82, 2.24) is 10.5 Å². The SMILES string of the molecule is O=C(/C=C/c1cccc(N(c2ccc3ccccc3n2)S(=O)(=O)O)c1)NO. The number of hydrogen-bond donors (Lipinski definition) is 3. The molecule has 8 nitrogen and oxygen atoms in total. The topological polar surface area (TPSA) is 120 Å². The zero-order valence-corrected chi connectivity index (χ0v) is 14.7. The molecule has 3 aromatic rings. The molecule has 1 aromatic heterocycles. The number of pyridine rings is 1. The summed E-state index contributed by atoms with van der Waals surface area (Å²) in [5.74, 6) is -0.714. The molecule has 0 aliphatic rings. The van der Waals surface area contributed by atoms with Crippen LogP contribution in [0.1, 0.15) is 5.56 Å². The first kappa shape index (κ1) is 18.5. The highest BCUT2D eigenvalue weighted by Crippen LogP contribution is 2.29. The number of benzene rings is 2. The molecule has 0 aliphatic heterocycles. The standard InChI is InChI=1S/C18H15N3O5S/c22-18(20-23)11-8-13-4-3-6-15(12-13)21(27(24,25)26)17-10-9-14-5-1-2-7-16(14)19-17/h1-12,23H,(H,20,22)(H,24,25,26)/b11-8+. The summed E-state index contributed by atoms with van der Waals surface area (Å²) in [6.07, 6.45) is 2.45. The zero-order chi connectivity index (χ0) is 19.4. The number of hydrogen-bond acceptors (Lipinski definition) is 5. The smallest absolute Gasteiger partial charge is 0.288 e. The quantitative estimate of drug-likeness (QED) is 0.269. The molecule has 0 spiro atoms. The largest absolute Gasteiger partial charge is 0.365 e. The molecule has 0 saturated heterocycles. The zero-order valence-electron chi connectivity index (χ0n) is 13.9. The fraction of sp³-hybridized carbons (Fsp3) is 0. The molecule has 1 heterocycles. The Kier molecular flexibility index (Phi) is 5.17. The number of rotatable bonds is 5. The van der Waals surface area contributed by atoms with Crippen LogP contribution in [0.4, 0.5) is 11.5 Å². The maximum absolute atomic E-state index is 12.0. The number of hydroxylamine groups is 1. The summed E-state index contributed by atoms with van der Waals surface area (Å²) in [6, 6.07) is 16.5. The third kappa shape index (κ3) is 4.29. The van der Waals surface area contributed by atoms with Crippen molar-refractivity contribution in [1.29, 1.82) is 0 Å². The van der Waals surface area contributed by atoms with Gasteiger partial charge in [0.2, 0.25) is 0 Å². The highest BCUT2D eigenvalue weighted by atomic mass is 32.2. The van der Waals surface area contributed by atoms with E-state index in [2.05, 4.69) is 4.98 Å². The summed E-state index contributed by atoms with van der Waals surface area (Å²) in [5, 5.41) is 9.34. The lowest BCUT2D eigenvalue weighted by Gasteiger charge is -2.20. The lowest BCUT2D eigenvalue weighted by Crippen LogP contribution is -2.26. The minimum absolute atomic E-state index is 0.0189. The van der Waals surface area contributed by atoms with Gasteiger partial charge in [0.25, 0.3) is 5.91 Å². The average molecular weight is 385 g/mol. The average Bonchev–Trinajstić information content (AvgIpc) is 2.65. The first-order chi connectivity index (χ1) is 12.9. The second kappa shape index (κ2) is 7.54. The van der Waals surface area contributed by atoms with Crippen molar-refractivity contribution in [3.05, 3.63) is 72.3 Å². The van der Waals surface area contributed by atoms with Crippen LogP contribution in [0.3, 0.4) is 0 Å². The maximum Gasteiger partial charge on any atom is 0.365 e. The van der Waals surface area contributed by atoms with Gasteiger partial charge >= 0.3 is 10.3 Å². The summed E-state index contributed by atoms with van der Waals surface area (Å²) < 4.78 is 34.5. The van der Waals surface area contributed by atoms with E-state index in [0.717, 1.165) is 11.5 Å². The van der Waals surface area contributed by atoms with Gasteiger partial charge < -0.3 is 0 Å². The molecule has 27 heavy (non-hydrogen) atoms. The third-order valence-electron chi connectivity index (χ3n) is 3.66. The van der Waals surface area contributed by atoms with Gasteiger partial charge in [-0.1, -0.05) is 30.3 Å². The van der Waals surface area contributed by atoms with Crippen molar-refractivity contribution in [2.75, 3.05) is 4.31 Å². The Labute approximate surface area is 155 Å². The number of nitrogens with one attached hydrogen (secondary N) is 1. The van der Waals surface area contributed by atoms with Crippen LogP contribution in [-0.4, -0.2) is 29.1 Å². The number of amides is 1. The van der Waals surface area contributed by atoms with Crippen LogP contribution < -0.4 is 9.79 Å². The van der Waals surface area contributed by atoms with Gasteiger partial charge in [-0.25, -0.2) is 10.5 Å². The van der Waals surface area contributed by atoms with Crippen LogP contribution in [0.2, 0.25) is 0 Å². The molecule has 138 valence electrons. The van der Waals surface area contributed by atoms with E-state index in [1.54, 1.807) is 30.3 Å². The van der Waals surface area contributed by atoms with Gasteiger partial charge in [-0.3, -0.25) is 14.6 Å². The summed E-state index contributed by atoms with van der Waals surface area (Å²) in [4.78, 5) is 15.4. The second-order valence-electron chi connectivity index (χ2n) is 5.51. The van der Waals surface area contributed by atoms with E-state index in [-0.39, 0.29) is 11.5 Å². The van der Waals surface area contributed by atoms with Gasteiger partial charge in [0.15, 0.2) is 0 Å². The van der Waals surface area contributed by atoms with Gasteiger partial charge in [0.05, 0.1) is 11.2 Å². The second-order valence-corrected chi connectivity index (χ2v) is 6.77. The number of para-hydroxylation sites is 1. The van der Waals surface area contributed by atoms with Gasteiger partial charge in [-0.05, 0) is 42.0 Å². The Balaban J connectivity index is 2.08. The van der Waals surface area contributed by atoms with E-state index in [9.17, 15) is 17.8 Å². The van der Waals surface area contributed by atoms with Crippen molar-refractivity contribution in [3.8, 4) is 0 Å². The molecule has 0 unspecified atom stereocenters. The molecule has 0 aliphatic carbocycles. The molecule has 1 amide bonds. The summed E-state index contributed by atoms with van der Waals surface area (Å²) in [6.45, 7) is 0. The molecule has 3 N–H and O–H groups in total. The van der Waals surface area contributed by atoms with Crippen LogP contribution in [0, 0.1) is 0 Å². The third-order valence-corrected chi connectivity index (χ3v) is 4.52. The molecular formula is C18H15N3O5S. The van der Waals surface area contributed by atoms with Gasteiger partial charge in [-0.2, -0.15) is 12.7 Å². The van der Waals surface area contributed by atoms with Crippen LogP contribution in [0.5, 0.6) is 0 Å². The van der Waals surface area contributed by atoms with Crippen molar-refractivity contribution < 1.29 is 23.0 Å². The van der Waals surface area contributed by atoms with E-state index in [1.165, 1.54) is 29.8 Å². The molecule has 9 heteroatoms. The lowest BCUT2D eigenvalue weighted by molar-refractivity contribution is -0.124. The van der Waals surface area contributed by atoms with Gasteiger partial charge in [-0.15, -0.1) is 0 Å². The molecule has 0 radical (unpaired) electrons. The van der Waals surface area contributed by atoms with Crippen LogP contribution in [0.15, 0.2) is 66.7 Å². The van der Waals surface area contributed by atoms with E-state index in [0.29, 0.717) is 15.4 Å². The molecule has 0 bridgehead atoms. The van der Waals surface area contributed by atoms with Crippen LogP contribution >= 0.6 is 0 Å². The fourth-order valence-electron chi connectivity index (χ4n) is 2.52. The molecule has 0 fully saturated rings. The molecule has 0 saturated carbocycles. The monoisotopic (exact) mass is 385 g/mol. The Bertz CT molecular complexity index is 1130. The van der Waals surface area contributed by atoms with Crippen molar-refractivity contribution in [2.24, 2.45) is 0 Å². The van der Waals surface area contributed by atoms with Crippen molar-refractivity contribution >= 4 is 44.7 Å². The Morgan fingerprint density at radius 1 is 1.07 bits per heavy atom. The summed E-state index contributed by atoms with van der Waals surface area (Å²) >= 11 is 0. The number of carbonyl (C=O) groups is 1. The van der Waals surface area contributed by atoms with E-state index >= 15 is 0 Å². The Hall–Kier alpha value is -3.27. The maximum atomic E-state index is 12.0. The summed E-state index contributed by atoms with van der Waals surface area (Å²) in [7, 11) is -4.66. The first-order valence-electron chi connectivity index (χ1n) is 7.74. The number of carbonyl (C=O) groups excluding carboxylic acids is 1. The lowest BCUT2D eigenvalue weighted by atomic mass is 10.2. The number of fused-ring (bicyclic) bond motifs is 1. The van der Waals surface area contributed by atoms with Crippen molar-refractivity contribution in [3.63, 3.8) is 0 Å². The predicted octanol–water partition coefficient (Wildman–Crippen LogP) is 2.69. The molecular weight excluding hydrogens is 370 g/mol. The summed E-state index contributed by atoms with van der Waals surface area (Å²) in [5.41, 5.74) is 2.64. The van der Waals surface area contributed by atoms with Crippen LogP contribution in [-0.2, 0) is 15.1 Å².